The van der Waals surface area contributed by atoms with Crippen LogP contribution in [0.3, 0.4) is 0 Å². The molecular weight excluding hydrogens is 414 g/mol. The third-order valence-corrected chi connectivity index (χ3v) is 4.48. The number of nitrogens with one attached hydrogen (secondary N) is 1. The van der Waals surface area contributed by atoms with E-state index in [0.29, 0.717) is 4.90 Å². The molecule has 0 fully saturated rings. The lowest BCUT2D eigenvalue weighted by Crippen LogP contribution is -2.37. The van der Waals surface area contributed by atoms with Crippen molar-refractivity contribution >= 4 is 35.1 Å². The number of anilines is 1. The number of carboxylic acid groups (broad SMARTS) is 1. The third kappa shape index (κ3) is 3.85. The molecule has 0 aromatic heterocycles. The van der Waals surface area contributed by atoms with Gasteiger partial charge in [-0.2, -0.15) is 0 Å². The van der Waals surface area contributed by atoms with E-state index in [-0.39, 0.29) is 34.0 Å². The van der Waals surface area contributed by atoms with E-state index in [1.165, 1.54) is 20.3 Å². The fourth-order valence-electron chi connectivity index (χ4n) is 3.02. The molecule has 0 unspecified atom stereocenters. The van der Waals surface area contributed by atoms with Crippen LogP contribution in [0.5, 0.6) is 11.5 Å². The number of carboxylic acids is 1. The number of ether oxygens (including phenoxy) is 2. The van der Waals surface area contributed by atoms with Crippen molar-refractivity contribution in [3.05, 3.63) is 57.1 Å². The first-order valence-corrected chi connectivity index (χ1v) is 8.59. The van der Waals surface area contributed by atoms with Crippen molar-refractivity contribution in [3.63, 3.8) is 0 Å². The highest BCUT2D eigenvalue weighted by atomic mass is 16.6. The van der Waals surface area contributed by atoms with Gasteiger partial charge in [-0.3, -0.25) is 29.4 Å². The molecule has 0 aliphatic carbocycles. The van der Waals surface area contributed by atoms with Crippen LogP contribution in [0.1, 0.15) is 31.1 Å². The molecule has 2 aromatic carbocycles. The Labute approximate surface area is 174 Å². The van der Waals surface area contributed by atoms with E-state index in [0.717, 1.165) is 24.3 Å². The molecule has 0 atom stereocenters. The summed E-state index contributed by atoms with van der Waals surface area (Å²) in [5, 5.41) is 24.6. The van der Waals surface area contributed by atoms with Gasteiger partial charge in [0.05, 0.1) is 41.9 Å². The highest BCUT2D eigenvalue weighted by Gasteiger charge is 2.38. The van der Waals surface area contributed by atoms with Crippen molar-refractivity contribution in [2.75, 3.05) is 26.1 Å². The molecule has 0 spiro atoms. The van der Waals surface area contributed by atoms with Gasteiger partial charge >= 0.3 is 0 Å². The van der Waals surface area contributed by atoms with Gasteiger partial charge in [0.2, 0.25) is 5.91 Å². The first kappa shape index (κ1) is 21.2. The van der Waals surface area contributed by atoms with Gasteiger partial charge in [-0.1, -0.05) is 0 Å². The number of fused-ring (bicyclic) bond motifs is 1. The number of hydrogen-bond donors (Lipinski definition) is 1. The van der Waals surface area contributed by atoms with Crippen LogP contribution in [-0.4, -0.2) is 54.3 Å². The molecule has 3 amide bonds. The fraction of sp³-hybridized carbons (Fsp3) is 0.158. The van der Waals surface area contributed by atoms with E-state index in [4.69, 9.17) is 9.47 Å². The number of carbonyl (C=O) groups is 4. The van der Waals surface area contributed by atoms with Gasteiger partial charge in [-0.25, -0.2) is 0 Å². The summed E-state index contributed by atoms with van der Waals surface area (Å²) in [6.07, 6.45) is 0. The second kappa shape index (κ2) is 8.10. The molecule has 0 radical (unpaired) electrons. The van der Waals surface area contributed by atoms with Crippen LogP contribution in [0.4, 0.5) is 11.4 Å². The normalized spacial score (nSPS) is 12.4. The fourth-order valence-corrected chi connectivity index (χ4v) is 3.02. The molecule has 1 aliphatic rings. The van der Waals surface area contributed by atoms with Crippen molar-refractivity contribution in [2.45, 2.75) is 0 Å². The molecule has 12 nitrogen and oxygen atoms in total. The quantitative estimate of drug-likeness (QED) is 0.368. The van der Waals surface area contributed by atoms with E-state index in [2.05, 4.69) is 5.32 Å². The average molecular weight is 428 g/mol. The number of hydrogen-bond acceptors (Lipinski definition) is 9. The van der Waals surface area contributed by atoms with Gasteiger partial charge in [0.15, 0.2) is 11.5 Å². The summed E-state index contributed by atoms with van der Waals surface area (Å²) in [6.45, 7) is -0.749. The molecule has 12 heteroatoms. The maximum Gasteiger partial charge on any atom is 0.270 e. The largest absolute Gasteiger partial charge is 0.545 e. The summed E-state index contributed by atoms with van der Waals surface area (Å²) in [4.78, 5) is 59.6. The highest BCUT2D eigenvalue weighted by Crippen LogP contribution is 2.33. The molecule has 160 valence electrons. The maximum atomic E-state index is 12.5. The van der Waals surface area contributed by atoms with Crippen LogP contribution < -0.4 is 19.9 Å². The molecule has 3 rings (SSSR count). The number of benzene rings is 2. The summed E-state index contributed by atoms with van der Waals surface area (Å²) in [7, 11) is 2.60. The molecule has 1 aliphatic heterocycles. The summed E-state index contributed by atoms with van der Waals surface area (Å²) in [5.74, 6) is -3.98. The van der Waals surface area contributed by atoms with Crippen LogP contribution in [0.15, 0.2) is 30.3 Å². The molecular formula is C19H14N3O9-. The number of nitro benzene ring substituents is 1. The molecule has 1 heterocycles. The zero-order valence-electron chi connectivity index (χ0n) is 16.2. The second-order valence-corrected chi connectivity index (χ2v) is 6.27. The number of rotatable bonds is 7. The third-order valence-electron chi connectivity index (χ3n) is 4.48. The van der Waals surface area contributed by atoms with Crippen LogP contribution in [-0.2, 0) is 4.79 Å². The predicted molar refractivity (Wildman–Crippen MR) is 101 cm³/mol. The van der Waals surface area contributed by atoms with E-state index in [1.54, 1.807) is 0 Å². The number of aromatic carboxylic acids is 1. The van der Waals surface area contributed by atoms with E-state index in [9.17, 15) is 34.4 Å². The van der Waals surface area contributed by atoms with Crippen molar-refractivity contribution in [3.8, 4) is 11.5 Å². The predicted octanol–water partition coefficient (Wildman–Crippen LogP) is 0.210. The van der Waals surface area contributed by atoms with Crippen molar-refractivity contribution in [1.82, 2.24) is 4.90 Å². The standard InChI is InChI=1S/C19H15N3O9/c1-30-14-6-12(19(26)27)13(7-15(14)31-2)20-16(23)8-21-17(24)10-4-3-9(22(28)29)5-11(10)18(21)25/h3-7H,8H2,1-2H3,(H,20,23)(H,26,27)/p-1. The Kier molecular flexibility index (Phi) is 5.55. The summed E-state index contributed by atoms with van der Waals surface area (Å²) < 4.78 is 10.1. The minimum absolute atomic E-state index is 0.0788. The zero-order valence-corrected chi connectivity index (χ0v) is 16.2. The first-order valence-electron chi connectivity index (χ1n) is 8.59. The Balaban J connectivity index is 1.84. The molecule has 0 bridgehead atoms. The molecule has 31 heavy (non-hydrogen) atoms. The van der Waals surface area contributed by atoms with Gasteiger partial charge in [0, 0.05) is 23.8 Å². The molecule has 0 saturated heterocycles. The lowest BCUT2D eigenvalue weighted by Gasteiger charge is -2.18. The van der Waals surface area contributed by atoms with Gasteiger partial charge in [-0.05, 0) is 12.1 Å². The molecule has 2 aromatic rings. The minimum Gasteiger partial charge on any atom is -0.545 e. The topological polar surface area (TPSA) is 168 Å². The van der Waals surface area contributed by atoms with Gasteiger partial charge < -0.3 is 24.7 Å². The Bertz CT molecular complexity index is 1140. The SMILES string of the molecule is COc1cc(NC(=O)CN2C(=O)c3ccc([N+](=O)[O-])cc3C2=O)c(C(=O)[O-])cc1OC. The van der Waals surface area contributed by atoms with Gasteiger partial charge in [0.1, 0.15) is 6.54 Å². The Morgan fingerprint density at radius 1 is 1.03 bits per heavy atom. The highest BCUT2D eigenvalue weighted by molar-refractivity contribution is 6.23. The van der Waals surface area contributed by atoms with Crippen molar-refractivity contribution in [2.24, 2.45) is 0 Å². The Morgan fingerprint density at radius 3 is 2.23 bits per heavy atom. The number of nitro groups is 1. The van der Waals surface area contributed by atoms with E-state index < -0.39 is 40.7 Å². The first-order chi connectivity index (χ1) is 14.7. The van der Waals surface area contributed by atoms with Crippen molar-refractivity contribution < 1.29 is 38.7 Å². The van der Waals surface area contributed by atoms with Crippen LogP contribution in [0.25, 0.3) is 0 Å². The zero-order chi connectivity index (χ0) is 22.9. The molecule has 0 saturated carbocycles. The number of amides is 3. The van der Waals surface area contributed by atoms with Crippen LogP contribution in [0, 0.1) is 10.1 Å². The Morgan fingerprint density at radius 2 is 1.65 bits per heavy atom. The second-order valence-electron chi connectivity index (χ2n) is 6.27. The lowest BCUT2D eigenvalue weighted by atomic mass is 10.1. The number of nitrogens with zero attached hydrogens (tertiary/aromatic N) is 2. The van der Waals surface area contributed by atoms with Gasteiger partial charge in [0.25, 0.3) is 17.5 Å². The minimum atomic E-state index is -1.61. The summed E-state index contributed by atoms with van der Waals surface area (Å²) >= 11 is 0. The summed E-state index contributed by atoms with van der Waals surface area (Å²) in [5.41, 5.74) is -1.27. The van der Waals surface area contributed by atoms with Crippen LogP contribution in [0.2, 0.25) is 0 Å². The monoisotopic (exact) mass is 428 g/mol. The summed E-state index contributed by atoms with van der Waals surface area (Å²) in [6, 6.07) is 5.44. The van der Waals surface area contributed by atoms with E-state index in [1.807, 2.05) is 0 Å². The van der Waals surface area contributed by atoms with E-state index >= 15 is 0 Å². The van der Waals surface area contributed by atoms with Crippen molar-refractivity contribution in [1.29, 1.82) is 0 Å². The lowest BCUT2D eigenvalue weighted by molar-refractivity contribution is -0.384. The van der Waals surface area contributed by atoms with Gasteiger partial charge in [-0.15, -0.1) is 0 Å². The Hall–Kier alpha value is -4.48. The number of non-ortho nitro benzene ring substituents is 1. The number of methoxy groups -OCH3 is 2. The number of imide groups is 1. The maximum absolute atomic E-state index is 12.5. The average Bonchev–Trinajstić information content (AvgIpc) is 2.97. The smallest absolute Gasteiger partial charge is 0.270 e. The van der Waals surface area contributed by atoms with Crippen LogP contribution >= 0.6 is 0 Å². The molecule has 1 N–H and O–H groups in total. The number of carbonyl (C=O) groups excluding carboxylic acids is 4.